The molecule has 4 nitrogen and oxygen atoms in total. The number of nitrogens with zero attached hydrogens (tertiary/aromatic N) is 3. The van der Waals surface area contributed by atoms with Crippen molar-refractivity contribution in [3.05, 3.63) is 69.2 Å². The summed E-state index contributed by atoms with van der Waals surface area (Å²) in [7, 11) is 0. The Morgan fingerprint density at radius 2 is 1.92 bits per heavy atom. The van der Waals surface area contributed by atoms with Crippen molar-refractivity contribution in [1.29, 1.82) is 0 Å². The van der Waals surface area contributed by atoms with Crippen LogP contribution in [0.25, 0.3) is 16.6 Å². The molecule has 0 bridgehead atoms. The summed E-state index contributed by atoms with van der Waals surface area (Å²) in [4.78, 5) is 12.4. The van der Waals surface area contributed by atoms with E-state index in [1.54, 1.807) is 0 Å². The van der Waals surface area contributed by atoms with Gasteiger partial charge in [-0.25, -0.2) is 0 Å². The standard InChI is InChI=1S/C19H13BrClN3OS/c1-11-8-18-22-23-19(24(18)16-7-6-14(21)9-15(11)16)26-10-17(25)12-2-4-13(20)5-3-12/h2-9H,10H2,1H3. The van der Waals surface area contributed by atoms with Crippen LogP contribution in [0.2, 0.25) is 5.02 Å². The van der Waals surface area contributed by atoms with E-state index in [4.69, 9.17) is 11.6 Å². The van der Waals surface area contributed by atoms with Crippen LogP contribution in [0, 0.1) is 6.92 Å². The van der Waals surface area contributed by atoms with E-state index < -0.39 is 0 Å². The fourth-order valence-electron chi connectivity index (χ4n) is 2.83. The minimum atomic E-state index is 0.0544. The van der Waals surface area contributed by atoms with Gasteiger partial charge in [-0.3, -0.25) is 9.20 Å². The average Bonchev–Trinajstić information content (AvgIpc) is 3.03. The van der Waals surface area contributed by atoms with E-state index in [-0.39, 0.29) is 5.78 Å². The van der Waals surface area contributed by atoms with Crippen LogP contribution < -0.4 is 0 Å². The van der Waals surface area contributed by atoms with Gasteiger partial charge in [-0.15, -0.1) is 10.2 Å². The Kier molecular flexibility index (Phi) is 4.73. The first kappa shape index (κ1) is 17.5. The zero-order valence-electron chi connectivity index (χ0n) is 13.7. The monoisotopic (exact) mass is 445 g/mol. The Labute approximate surface area is 167 Å². The van der Waals surface area contributed by atoms with Crippen molar-refractivity contribution in [1.82, 2.24) is 14.6 Å². The molecule has 0 radical (unpaired) electrons. The molecule has 0 saturated carbocycles. The van der Waals surface area contributed by atoms with Gasteiger partial charge < -0.3 is 0 Å². The molecule has 130 valence electrons. The van der Waals surface area contributed by atoms with Crippen molar-refractivity contribution in [3.63, 3.8) is 0 Å². The number of halogens is 2. The summed E-state index contributed by atoms with van der Waals surface area (Å²) in [5.74, 6) is 0.351. The van der Waals surface area contributed by atoms with Gasteiger partial charge in [0.05, 0.1) is 11.3 Å². The first-order valence-corrected chi connectivity index (χ1v) is 10.0. The SMILES string of the molecule is Cc1cc2nnc(SCC(=O)c3ccc(Br)cc3)n2c2ccc(Cl)cc12. The van der Waals surface area contributed by atoms with Gasteiger partial charge in [-0.2, -0.15) is 0 Å². The van der Waals surface area contributed by atoms with Crippen LogP contribution in [-0.2, 0) is 0 Å². The fraction of sp³-hybridized carbons (Fsp3) is 0.105. The van der Waals surface area contributed by atoms with Crippen molar-refractivity contribution < 1.29 is 4.79 Å². The van der Waals surface area contributed by atoms with E-state index in [0.717, 1.165) is 26.6 Å². The third-order valence-corrected chi connectivity index (χ3v) is 5.82. The Balaban J connectivity index is 1.69. The van der Waals surface area contributed by atoms with E-state index in [0.29, 0.717) is 21.5 Å². The summed E-state index contributed by atoms with van der Waals surface area (Å²) in [6.45, 7) is 2.03. The summed E-state index contributed by atoms with van der Waals surface area (Å²) in [6, 6.07) is 15.1. The summed E-state index contributed by atoms with van der Waals surface area (Å²) in [5.41, 5.74) is 3.51. The predicted molar refractivity (Wildman–Crippen MR) is 109 cm³/mol. The number of fused-ring (bicyclic) bond motifs is 3. The molecule has 2 heterocycles. The molecule has 7 heteroatoms. The second kappa shape index (κ2) is 7.02. The topological polar surface area (TPSA) is 47.3 Å². The number of carbonyl (C=O) groups is 1. The van der Waals surface area contributed by atoms with Crippen molar-refractivity contribution in [2.75, 3.05) is 5.75 Å². The number of ketones is 1. The lowest BCUT2D eigenvalue weighted by molar-refractivity contribution is 0.102. The molecule has 4 rings (SSSR count). The maximum Gasteiger partial charge on any atom is 0.196 e. The normalized spacial score (nSPS) is 11.3. The molecule has 2 aromatic heterocycles. The van der Waals surface area contributed by atoms with Crippen LogP contribution in [0.4, 0.5) is 0 Å². The van der Waals surface area contributed by atoms with E-state index in [9.17, 15) is 4.79 Å². The number of hydrogen-bond acceptors (Lipinski definition) is 4. The van der Waals surface area contributed by atoms with Gasteiger partial charge in [0.1, 0.15) is 0 Å². The number of thioether (sulfide) groups is 1. The van der Waals surface area contributed by atoms with Crippen LogP contribution in [0.15, 0.2) is 58.2 Å². The zero-order chi connectivity index (χ0) is 18.3. The molecule has 0 aliphatic rings. The van der Waals surface area contributed by atoms with Crippen LogP contribution in [-0.4, -0.2) is 26.1 Å². The van der Waals surface area contributed by atoms with Gasteiger partial charge in [0.15, 0.2) is 16.6 Å². The van der Waals surface area contributed by atoms with Crippen molar-refractivity contribution >= 4 is 61.6 Å². The van der Waals surface area contributed by atoms with E-state index in [1.165, 1.54) is 11.8 Å². The summed E-state index contributed by atoms with van der Waals surface area (Å²) >= 11 is 10.9. The molecule has 0 spiro atoms. The third kappa shape index (κ3) is 3.24. The van der Waals surface area contributed by atoms with Gasteiger partial charge >= 0.3 is 0 Å². The van der Waals surface area contributed by atoms with Crippen LogP contribution in [0.5, 0.6) is 0 Å². The maximum atomic E-state index is 12.4. The number of carbonyl (C=O) groups excluding carboxylic acids is 1. The first-order valence-electron chi connectivity index (χ1n) is 7.88. The van der Waals surface area contributed by atoms with E-state index in [1.807, 2.05) is 59.9 Å². The molecule has 26 heavy (non-hydrogen) atoms. The molecule has 0 saturated heterocycles. The number of benzene rings is 2. The smallest absolute Gasteiger partial charge is 0.196 e. The highest BCUT2D eigenvalue weighted by Gasteiger charge is 2.14. The minimum absolute atomic E-state index is 0.0544. The molecular weight excluding hydrogens is 434 g/mol. The minimum Gasteiger partial charge on any atom is -0.293 e. The molecule has 2 aromatic carbocycles. The first-order chi connectivity index (χ1) is 12.5. The van der Waals surface area contributed by atoms with E-state index >= 15 is 0 Å². The summed E-state index contributed by atoms with van der Waals surface area (Å²) < 4.78 is 2.92. The largest absolute Gasteiger partial charge is 0.293 e. The Hall–Kier alpha value is -1.89. The average molecular weight is 447 g/mol. The van der Waals surface area contributed by atoms with Crippen LogP contribution >= 0.6 is 39.3 Å². The predicted octanol–water partition coefficient (Wildman–Crippen LogP) is 5.58. The zero-order valence-corrected chi connectivity index (χ0v) is 16.9. The van der Waals surface area contributed by atoms with Gasteiger partial charge in [-0.1, -0.05) is 51.4 Å². The molecule has 0 aliphatic carbocycles. The molecule has 4 aromatic rings. The number of aryl methyl sites for hydroxylation is 1. The fourth-order valence-corrected chi connectivity index (χ4v) is 4.12. The van der Waals surface area contributed by atoms with Gasteiger partial charge in [0, 0.05) is 20.4 Å². The molecule has 0 unspecified atom stereocenters. The second-order valence-corrected chi connectivity index (χ2v) is 8.18. The quantitative estimate of drug-likeness (QED) is 0.303. The Bertz CT molecular complexity index is 1140. The highest BCUT2D eigenvalue weighted by atomic mass is 79.9. The van der Waals surface area contributed by atoms with E-state index in [2.05, 4.69) is 26.1 Å². The Morgan fingerprint density at radius 3 is 2.69 bits per heavy atom. The van der Waals surface area contributed by atoms with Crippen molar-refractivity contribution in [2.45, 2.75) is 12.1 Å². The van der Waals surface area contributed by atoms with Gasteiger partial charge in [0.25, 0.3) is 0 Å². The summed E-state index contributed by atoms with van der Waals surface area (Å²) in [6.07, 6.45) is 0. The van der Waals surface area contributed by atoms with Gasteiger partial charge in [-0.05, 0) is 48.9 Å². The highest BCUT2D eigenvalue weighted by molar-refractivity contribution is 9.10. The van der Waals surface area contributed by atoms with Crippen LogP contribution in [0.3, 0.4) is 0 Å². The molecule has 0 amide bonds. The number of pyridine rings is 1. The second-order valence-electron chi connectivity index (χ2n) is 5.88. The Morgan fingerprint density at radius 1 is 1.15 bits per heavy atom. The number of aromatic nitrogens is 3. The number of Topliss-reactive ketones (excluding diaryl/α,β-unsaturated/α-hetero) is 1. The highest BCUT2D eigenvalue weighted by Crippen LogP contribution is 2.28. The lowest BCUT2D eigenvalue weighted by atomic mass is 10.1. The molecule has 0 atom stereocenters. The third-order valence-electron chi connectivity index (χ3n) is 4.13. The molecule has 0 fully saturated rings. The van der Waals surface area contributed by atoms with Crippen molar-refractivity contribution in [3.8, 4) is 0 Å². The number of hydrogen-bond donors (Lipinski definition) is 0. The summed E-state index contributed by atoms with van der Waals surface area (Å²) in [5, 5.41) is 11.0. The van der Waals surface area contributed by atoms with Gasteiger partial charge in [0.2, 0.25) is 0 Å². The lowest BCUT2D eigenvalue weighted by Gasteiger charge is -2.08. The lowest BCUT2D eigenvalue weighted by Crippen LogP contribution is -2.03. The maximum absolute atomic E-state index is 12.4. The van der Waals surface area contributed by atoms with Crippen LogP contribution in [0.1, 0.15) is 15.9 Å². The van der Waals surface area contributed by atoms with Crippen molar-refractivity contribution in [2.24, 2.45) is 0 Å². The molecule has 0 N–H and O–H groups in total. The molecular formula is C19H13BrClN3OS. The molecule has 0 aliphatic heterocycles. The number of rotatable bonds is 4.